The summed E-state index contributed by atoms with van der Waals surface area (Å²) in [7, 11) is 0. The number of likely N-dealkylation sites (tertiary alicyclic amines) is 1. The largest absolute Gasteiger partial charge is 0.357 e. The molecule has 2 saturated heterocycles. The topological polar surface area (TPSA) is 87.2 Å². The highest BCUT2D eigenvalue weighted by Gasteiger charge is 2.27. The lowest BCUT2D eigenvalue weighted by atomic mass is 9.93. The van der Waals surface area contributed by atoms with Gasteiger partial charge in [-0.2, -0.15) is 0 Å². The Morgan fingerprint density at radius 1 is 1.17 bits per heavy atom. The Balaban J connectivity index is 1.56. The first-order chi connectivity index (χ1) is 11.5. The molecule has 130 valence electrons. The Morgan fingerprint density at radius 3 is 2.50 bits per heavy atom. The normalized spacial score (nSPS) is 23.4. The third-order valence-corrected chi connectivity index (χ3v) is 4.91. The SMILES string of the molecule is CC(C)N1CCC(c2cnc(NC3CCC(=O)NC3=O)cn2)CC1. The number of piperidine rings is 2. The fourth-order valence-corrected chi connectivity index (χ4v) is 3.34. The van der Waals surface area contributed by atoms with Crippen molar-refractivity contribution in [1.29, 1.82) is 0 Å². The van der Waals surface area contributed by atoms with Crippen molar-refractivity contribution < 1.29 is 9.59 Å². The number of hydrogen-bond acceptors (Lipinski definition) is 6. The molecule has 3 heterocycles. The van der Waals surface area contributed by atoms with Gasteiger partial charge in [-0.15, -0.1) is 0 Å². The molecule has 0 spiro atoms. The van der Waals surface area contributed by atoms with Crippen molar-refractivity contribution in [2.24, 2.45) is 0 Å². The van der Waals surface area contributed by atoms with E-state index in [0.717, 1.165) is 31.6 Å². The number of aromatic nitrogens is 2. The lowest BCUT2D eigenvalue weighted by molar-refractivity contribution is -0.133. The van der Waals surface area contributed by atoms with Gasteiger partial charge in [0.1, 0.15) is 11.9 Å². The Kier molecular flexibility index (Phi) is 5.08. The fraction of sp³-hybridized carbons (Fsp3) is 0.647. The first-order valence-corrected chi connectivity index (χ1v) is 8.69. The molecular weight excluding hydrogens is 306 g/mol. The lowest BCUT2D eigenvalue weighted by Gasteiger charge is -2.34. The summed E-state index contributed by atoms with van der Waals surface area (Å²) in [6.07, 6.45) is 6.54. The molecule has 0 radical (unpaired) electrons. The molecule has 24 heavy (non-hydrogen) atoms. The molecular formula is C17H25N5O2. The van der Waals surface area contributed by atoms with E-state index in [1.54, 1.807) is 6.20 Å². The van der Waals surface area contributed by atoms with Crippen LogP contribution >= 0.6 is 0 Å². The molecule has 7 nitrogen and oxygen atoms in total. The predicted molar refractivity (Wildman–Crippen MR) is 90.5 cm³/mol. The van der Waals surface area contributed by atoms with E-state index in [2.05, 4.69) is 39.3 Å². The number of carbonyl (C=O) groups excluding carboxylic acids is 2. The molecule has 0 bridgehead atoms. The van der Waals surface area contributed by atoms with Crippen LogP contribution in [0.5, 0.6) is 0 Å². The number of nitrogens with one attached hydrogen (secondary N) is 2. The summed E-state index contributed by atoms with van der Waals surface area (Å²) in [4.78, 5) is 34.4. The van der Waals surface area contributed by atoms with E-state index >= 15 is 0 Å². The molecule has 2 aliphatic rings. The van der Waals surface area contributed by atoms with Gasteiger partial charge in [-0.1, -0.05) is 0 Å². The zero-order chi connectivity index (χ0) is 17.1. The van der Waals surface area contributed by atoms with Crippen LogP contribution in [0.15, 0.2) is 12.4 Å². The van der Waals surface area contributed by atoms with Crippen molar-refractivity contribution >= 4 is 17.6 Å². The van der Waals surface area contributed by atoms with E-state index < -0.39 is 6.04 Å². The minimum atomic E-state index is -0.419. The van der Waals surface area contributed by atoms with E-state index in [1.165, 1.54) is 0 Å². The summed E-state index contributed by atoms with van der Waals surface area (Å²) in [5.41, 5.74) is 1.02. The number of nitrogens with zero attached hydrogens (tertiary/aromatic N) is 3. The van der Waals surface area contributed by atoms with E-state index in [4.69, 9.17) is 0 Å². The Hall–Kier alpha value is -2.02. The number of anilines is 1. The fourth-order valence-electron chi connectivity index (χ4n) is 3.34. The maximum Gasteiger partial charge on any atom is 0.249 e. The van der Waals surface area contributed by atoms with Gasteiger partial charge in [0.2, 0.25) is 11.8 Å². The molecule has 1 unspecified atom stereocenters. The Bertz CT molecular complexity index is 594. The summed E-state index contributed by atoms with van der Waals surface area (Å²) < 4.78 is 0. The van der Waals surface area contributed by atoms with Crippen molar-refractivity contribution in [3.63, 3.8) is 0 Å². The van der Waals surface area contributed by atoms with E-state index in [1.807, 2.05) is 6.20 Å². The van der Waals surface area contributed by atoms with Gasteiger partial charge in [0.25, 0.3) is 0 Å². The number of imide groups is 1. The van der Waals surface area contributed by atoms with E-state index in [9.17, 15) is 9.59 Å². The number of amides is 2. The van der Waals surface area contributed by atoms with Crippen LogP contribution in [0.25, 0.3) is 0 Å². The quantitative estimate of drug-likeness (QED) is 0.808. The second-order valence-corrected chi connectivity index (χ2v) is 6.88. The van der Waals surface area contributed by atoms with Crippen LogP contribution in [-0.4, -0.2) is 51.9 Å². The molecule has 0 aliphatic carbocycles. The van der Waals surface area contributed by atoms with Gasteiger partial charge in [0.15, 0.2) is 0 Å². The monoisotopic (exact) mass is 331 g/mol. The molecule has 2 fully saturated rings. The van der Waals surface area contributed by atoms with Gasteiger partial charge in [0.05, 0.1) is 18.1 Å². The molecule has 7 heteroatoms. The number of carbonyl (C=O) groups is 2. The average Bonchev–Trinajstić information content (AvgIpc) is 2.58. The van der Waals surface area contributed by atoms with Crippen LogP contribution in [0.4, 0.5) is 5.82 Å². The van der Waals surface area contributed by atoms with Crippen molar-refractivity contribution in [3.8, 4) is 0 Å². The van der Waals surface area contributed by atoms with Gasteiger partial charge in [-0.3, -0.25) is 19.9 Å². The average molecular weight is 331 g/mol. The van der Waals surface area contributed by atoms with Crippen LogP contribution < -0.4 is 10.6 Å². The highest BCUT2D eigenvalue weighted by atomic mass is 16.2. The Morgan fingerprint density at radius 2 is 1.92 bits per heavy atom. The second-order valence-electron chi connectivity index (χ2n) is 6.88. The standard InChI is InChI=1S/C17H25N5O2/c1-11(2)22-7-5-12(6-8-22)14-9-19-15(10-18-14)20-13-3-4-16(23)21-17(13)24/h9-13H,3-8H2,1-2H3,(H,19,20)(H,21,23,24). The van der Waals surface area contributed by atoms with Gasteiger partial charge in [-0.25, -0.2) is 4.98 Å². The van der Waals surface area contributed by atoms with Crippen LogP contribution in [0, 0.1) is 0 Å². The van der Waals surface area contributed by atoms with Gasteiger partial charge in [-0.05, 0) is 46.2 Å². The molecule has 3 rings (SSSR count). The van der Waals surface area contributed by atoms with Crippen LogP contribution in [0.2, 0.25) is 0 Å². The summed E-state index contributed by atoms with van der Waals surface area (Å²) in [6, 6.07) is 0.175. The van der Waals surface area contributed by atoms with Crippen molar-refractivity contribution in [2.45, 2.75) is 57.5 Å². The van der Waals surface area contributed by atoms with Gasteiger partial charge < -0.3 is 10.2 Å². The van der Waals surface area contributed by atoms with Crippen molar-refractivity contribution in [2.75, 3.05) is 18.4 Å². The maximum absolute atomic E-state index is 11.8. The van der Waals surface area contributed by atoms with Gasteiger partial charge >= 0.3 is 0 Å². The molecule has 0 saturated carbocycles. The van der Waals surface area contributed by atoms with Crippen molar-refractivity contribution in [3.05, 3.63) is 18.1 Å². The minimum Gasteiger partial charge on any atom is -0.357 e. The number of hydrogen-bond donors (Lipinski definition) is 2. The molecule has 1 atom stereocenters. The second kappa shape index (κ2) is 7.25. The third kappa shape index (κ3) is 3.90. The zero-order valence-electron chi connectivity index (χ0n) is 14.3. The molecule has 2 amide bonds. The molecule has 1 aromatic rings. The summed E-state index contributed by atoms with van der Waals surface area (Å²) >= 11 is 0. The van der Waals surface area contributed by atoms with Crippen LogP contribution in [-0.2, 0) is 9.59 Å². The first kappa shape index (κ1) is 16.8. The highest BCUT2D eigenvalue weighted by molar-refractivity contribution is 6.01. The molecule has 1 aromatic heterocycles. The van der Waals surface area contributed by atoms with E-state index in [-0.39, 0.29) is 11.8 Å². The Labute approximate surface area is 142 Å². The first-order valence-electron chi connectivity index (χ1n) is 8.69. The lowest BCUT2D eigenvalue weighted by Crippen LogP contribution is -2.47. The van der Waals surface area contributed by atoms with Crippen LogP contribution in [0.1, 0.15) is 51.1 Å². The van der Waals surface area contributed by atoms with Crippen molar-refractivity contribution in [1.82, 2.24) is 20.2 Å². The van der Waals surface area contributed by atoms with E-state index in [0.29, 0.717) is 30.6 Å². The molecule has 2 aliphatic heterocycles. The summed E-state index contributed by atoms with van der Waals surface area (Å²) in [6.45, 7) is 6.66. The van der Waals surface area contributed by atoms with Gasteiger partial charge in [0, 0.05) is 18.4 Å². The van der Waals surface area contributed by atoms with Crippen LogP contribution in [0.3, 0.4) is 0 Å². The highest BCUT2D eigenvalue weighted by Crippen LogP contribution is 2.27. The summed E-state index contributed by atoms with van der Waals surface area (Å²) in [5, 5.41) is 5.39. The molecule has 0 aromatic carbocycles. The zero-order valence-corrected chi connectivity index (χ0v) is 14.3. The third-order valence-electron chi connectivity index (χ3n) is 4.91. The number of rotatable bonds is 4. The maximum atomic E-state index is 11.8. The smallest absolute Gasteiger partial charge is 0.249 e. The molecule has 2 N–H and O–H groups in total. The summed E-state index contributed by atoms with van der Waals surface area (Å²) in [5.74, 6) is 0.524. The minimum absolute atomic E-state index is 0.216. The predicted octanol–water partition coefficient (Wildman–Crippen LogP) is 1.28.